The molecule has 1 heterocycles. The summed E-state index contributed by atoms with van der Waals surface area (Å²) in [7, 11) is 3.48. The van der Waals surface area contributed by atoms with Crippen molar-refractivity contribution >= 4 is 16.9 Å². The number of carbonyl (C=O) groups excluding carboxylic acids is 1. The molecule has 0 aliphatic heterocycles. The monoisotopic (exact) mass is 349 g/mol. The Kier molecular flexibility index (Phi) is 4.41. The van der Waals surface area contributed by atoms with Crippen molar-refractivity contribution in [2.75, 3.05) is 14.2 Å². The molecule has 0 unspecified atom stereocenters. The number of nitrogens with zero attached hydrogens (tertiary/aromatic N) is 1. The first-order valence-corrected chi connectivity index (χ1v) is 9.03. The van der Waals surface area contributed by atoms with Gasteiger partial charge in [-0.05, 0) is 60.2 Å². The number of ether oxygens (including phenoxy) is 1. The Bertz CT molecular complexity index is 957. The second-order valence-corrected chi connectivity index (χ2v) is 7.01. The second-order valence-electron chi connectivity index (χ2n) is 7.01. The fourth-order valence-electron chi connectivity index (χ4n) is 3.72. The quantitative estimate of drug-likeness (QED) is 0.695. The lowest BCUT2D eigenvalue weighted by atomic mass is 10.0. The first kappa shape index (κ1) is 16.7. The minimum absolute atomic E-state index is 0.0796. The topological polar surface area (TPSA) is 42.7 Å². The number of amides is 1. The highest BCUT2D eigenvalue weighted by molar-refractivity contribution is 5.88. The van der Waals surface area contributed by atoms with Crippen molar-refractivity contribution in [1.29, 1.82) is 0 Å². The molecule has 1 aliphatic carbocycles. The van der Waals surface area contributed by atoms with Gasteiger partial charge in [-0.3, -0.25) is 4.79 Å². The van der Waals surface area contributed by atoms with E-state index in [0.717, 1.165) is 40.7 Å². The summed E-state index contributed by atoms with van der Waals surface area (Å²) in [5, 5.41) is 1.08. The van der Waals surface area contributed by atoms with E-state index in [1.165, 1.54) is 17.5 Å². The lowest BCUT2D eigenvalue weighted by Gasteiger charge is -2.17. The Morgan fingerprint density at radius 3 is 2.81 bits per heavy atom. The van der Waals surface area contributed by atoms with E-state index in [0.29, 0.717) is 13.0 Å². The Hall–Kier alpha value is -2.75. The standard InChI is InChI=1S/C22H23NO3/c1-23(13-15-5-3-8-19(9-15)25-2)22(24)12-18-14-26-21-11-17-7-4-6-16(17)10-20(18)21/h3,5,8-11,14H,4,6-7,12-13H2,1-2H3. The molecule has 0 bridgehead atoms. The lowest BCUT2D eigenvalue weighted by Crippen LogP contribution is -2.27. The normalized spacial score (nSPS) is 13.0. The Morgan fingerprint density at radius 2 is 2.00 bits per heavy atom. The van der Waals surface area contributed by atoms with E-state index in [4.69, 9.17) is 9.15 Å². The highest BCUT2D eigenvalue weighted by Gasteiger charge is 2.18. The summed E-state index contributed by atoms with van der Waals surface area (Å²) in [5.41, 5.74) is 5.70. The van der Waals surface area contributed by atoms with Gasteiger partial charge in [0.05, 0.1) is 19.8 Å². The van der Waals surface area contributed by atoms with Gasteiger partial charge < -0.3 is 14.1 Å². The summed E-state index contributed by atoms with van der Waals surface area (Å²) in [6.07, 6.45) is 5.55. The number of benzene rings is 2. The number of rotatable bonds is 5. The van der Waals surface area contributed by atoms with Crippen molar-refractivity contribution in [2.45, 2.75) is 32.2 Å². The molecule has 0 radical (unpaired) electrons. The van der Waals surface area contributed by atoms with Crippen LogP contribution in [0.15, 0.2) is 47.1 Å². The van der Waals surface area contributed by atoms with Crippen LogP contribution in [0.2, 0.25) is 0 Å². The highest BCUT2D eigenvalue weighted by atomic mass is 16.5. The molecule has 0 spiro atoms. The molecular formula is C22H23NO3. The van der Waals surface area contributed by atoms with Crippen LogP contribution in [0.5, 0.6) is 5.75 Å². The zero-order valence-electron chi connectivity index (χ0n) is 15.2. The average Bonchev–Trinajstić information content (AvgIpc) is 3.26. The van der Waals surface area contributed by atoms with Crippen molar-refractivity contribution in [3.05, 3.63) is 64.9 Å². The number of fused-ring (bicyclic) bond motifs is 2. The van der Waals surface area contributed by atoms with Crippen LogP contribution in [0.25, 0.3) is 11.0 Å². The number of methoxy groups -OCH3 is 1. The SMILES string of the molecule is COc1cccc(CN(C)C(=O)Cc2coc3cc4c(cc23)CCC4)c1. The largest absolute Gasteiger partial charge is 0.497 e. The zero-order chi connectivity index (χ0) is 18.1. The van der Waals surface area contributed by atoms with Crippen molar-refractivity contribution in [2.24, 2.45) is 0 Å². The van der Waals surface area contributed by atoms with Crippen molar-refractivity contribution < 1.29 is 13.9 Å². The summed E-state index contributed by atoms with van der Waals surface area (Å²) < 4.78 is 11.0. The van der Waals surface area contributed by atoms with Crippen molar-refractivity contribution in [1.82, 2.24) is 4.90 Å². The number of likely N-dealkylation sites (N-methyl/N-ethyl adjacent to an activating group) is 1. The third kappa shape index (κ3) is 3.19. The van der Waals surface area contributed by atoms with Gasteiger partial charge in [-0.2, -0.15) is 0 Å². The maximum Gasteiger partial charge on any atom is 0.227 e. The predicted molar refractivity (Wildman–Crippen MR) is 101 cm³/mol. The maximum absolute atomic E-state index is 12.7. The third-order valence-corrected chi connectivity index (χ3v) is 5.19. The molecule has 2 aromatic carbocycles. The first-order valence-electron chi connectivity index (χ1n) is 9.03. The van der Waals surface area contributed by atoms with Crippen LogP contribution in [-0.2, 0) is 30.6 Å². The van der Waals surface area contributed by atoms with Gasteiger partial charge in [-0.1, -0.05) is 12.1 Å². The molecule has 0 saturated carbocycles. The molecular weight excluding hydrogens is 326 g/mol. The summed E-state index contributed by atoms with van der Waals surface area (Å²) in [4.78, 5) is 14.5. The first-order chi connectivity index (χ1) is 12.6. The van der Waals surface area contributed by atoms with Crippen LogP contribution in [0.1, 0.15) is 28.7 Å². The summed E-state index contributed by atoms with van der Waals surface area (Å²) in [6.45, 7) is 0.557. The molecule has 4 rings (SSSR count). The zero-order valence-corrected chi connectivity index (χ0v) is 15.2. The summed E-state index contributed by atoms with van der Waals surface area (Å²) >= 11 is 0. The molecule has 0 N–H and O–H groups in total. The van der Waals surface area contributed by atoms with E-state index < -0.39 is 0 Å². The fraction of sp³-hybridized carbons (Fsp3) is 0.318. The number of furan rings is 1. The Labute approximate surface area is 153 Å². The van der Waals surface area contributed by atoms with Crippen molar-refractivity contribution in [3.8, 4) is 5.75 Å². The molecule has 4 nitrogen and oxygen atoms in total. The number of carbonyl (C=O) groups is 1. The minimum atomic E-state index is 0.0796. The minimum Gasteiger partial charge on any atom is -0.497 e. The predicted octanol–water partition coefficient (Wildman–Crippen LogP) is 4.13. The smallest absolute Gasteiger partial charge is 0.227 e. The lowest BCUT2D eigenvalue weighted by molar-refractivity contribution is -0.129. The Balaban J connectivity index is 1.49. The van der Waals surface area contributed by atoms with Gasteiger partial charge in [0, 0.05) is 24.5 Å². The Morgan fingerprint density at radius 1 is 1.19 bits per heavy atom. The van der Waals surface area contributed by atoms with Crippen LogP contribution >= 0.6 is 0 Å². The molecule has 1 aromatic heterocycles. The van der Waals surface area contributed by atoms with Gasteiger partial charge >= 0.3 is 0 Å². The molecule has 1 amide bonds. The van der Waals surface area contributed by atoms with Crippen molar-refractivity contribution in [3.63, 3.8) is 0 Å². The van der Waals surface area contributed by atoms with Crippen LogP contribution in [-0.4, -0.2) is 25.0 Å². The van der Waals surface area contributed by atoms with E-state index >= 15 is 0 Å². The van der Waals surface area contributed by atoms with E-state index in [1.54, 1.807) is 18.3 Å². The fourth-order valence-corrected chi connectivity index (χ4v) is 3.72. The molecule has 3 aromatic rings. The molecule has 0 atom stereocenters. The third-order valence-electron chi connectivity index (χ3n) is 5.19. The molecule has 26 heavy (non-hydrogen) atoms. The summed E-state index contributed by atoms with van der Waals surface area (Å²) in [6, 6.07) is 12.2. The van der Waals surface area contributed by atoms with Gasteiger partial charge in [0.1, 0.15) is 11.3 Å². The molecule has 4 heteroatoms. The van der Waals surface area contributed by atoms with Gasteiger partial charge in [0.2, 0.25) is 5.91 Å². The van der Waals surface area contributed by atoms with Crippen LogP contribution < -0.4 is 4.74 Å². The van der Waals surface area contributed by atoms with E-state index in [2.05, 4.69) is 12.1 Å². The number of aryl methyl sites for hydroxylation is 2. The van der Waals surface area contributed by atoms with E-state index in [9.17, 15) is 4.79 Å². The number of hydrogen-bond donors (Lipinski definition) is 0. The molecule has 0 saturated heterocycles. The van der Waals surface area contributed by atoms with Gasteiger partial charge in [-0.25, -0.2) is 0 Å². The van der Waals surface area contributed by atoms with Gasteiger partial charge in [0.15, 0.2) is 0 Å². The average molecular weight is 349 g/mol. The van der Waals surface area contributed by atoms with Crippen LogP contribution in [0.4, 0.5) is 0 Å². The van der Waals surface area contributed by atoms with Crippen LogP contribution in [0, 0.1) is 0 Å². The second kappa shape index (κ2) is 6.87. The van der Waals surface area contributed by atoms with E-state index in [-0.39, 0.29) is 5.91 Å². The van der Waals surface area contributed by atoms with E-state index in [1.807, 2.05) is 31.3 Å². The van der Waals surface area contributed by atoms with Crippen LogP contribution in [0.3, 0.4) is 0 Å². The van der Waals surface area contributed by atoms with Gasteiger partial charge in [0.25, 0.3) is 0 Å². The van der Waals surface area contributed by atoms with Gasteiger partial charge in [-0.15, -0.1) is 0 Å². The molecule has 134 valence electrons. The maximum atomic E-state index is 12.7. The highest BCUT2D eigenvalue weighted by Crippen LogP contribution is 2.30. The molecule has 1 aliphatic rings. The number of hydrogen-bond acceptors (Lipinski definition) is 3. The summed E-state index contributed by atoms with van der Waals surface area (Å²) in [5.74, 6) is 0.883. The molecule has 0 fully saturated rings.